The van der Waals surface area contributed by atoms with E-state index in [-0.39, 0.29) is 10.6 Å². The SMILES string of the molecule is Fc1ccc(Cl)c(F)c1CCCBr. The summed E-state index contributed by atoms with van der Waals surface area (Å²) >= 11 is 8.71. The highest BCUT2D eigenvalue weighted by Gasteiger charge is 2.11. The molecule has 0 spiro atoms. The van der Waals surface area contributed by atoms with Crippen molar-refractivity contribution in [2.75, 3.05) is 5.33 Å². The van der Waals surface area contributed by atoms with Gasteiger partial charge in [-0.1, -0.05) is 27.5 Å². The molecule has 0 heterocycles. The predicted molar refractivity (Wildman–Crippen MR) is 53.5 cm³/mol. The average molecular weight is 270 g/mol. The lowest BCUT2D eigenvalue weighted by atomic mass is 10.1. The summed E-state index contributed by atoms with van der Waals surface area (Å²) in [5, 5.41) is 0.698. The Bertz CT molecular complexity index is 302. The Hall–Kier alpha value is -0.150. The van der Waals surface area contributed by atoms with Crippen molar-refractivity contribution in [3.8, 4) is 0 Å². The van der Waals surface area contributed by atoms with Crippen molar-refractivity contribution in [1.29, 1.82) is 0 Å². The van der Waals surface area contributed by atoms with Gasteiger partial charge in [0.1, 0.15) is 11.6 Å². The van der Waals surface area contributed by atoms with Gasteiger partial charge in [0.25, 0.3) is 0 Å². The zero-order valence-electron chi connectivity index (χ0n) is 6.79. The number of rotatable bonds is 3. The first-order chi connectivity index (χ1) is 6.16. The smallest absolute Gasteiger partial charge is 0.147 e. The molecule has 72 valence electrons. The molecule has 1 aromatic carbocycles. The lowest BCUT2D eigenvalue weighted by molar-refractivity contribution is 0.554. The van der Waals surface area contributed by atoms with Crippen LogP contribution in [0.5, 0.6) is 0 Å². The van der Waals surface area contributed by atoms with E-state index in [9.17, 15) is 8.78 Å². The zero-order valence-corrected chi connectivity index (χ0v) is 9.13. The normalized spacial score (nSPS) is 10.5. The third-order valence-electron chi connectivity index (χ3n) is 1.70. The second-order valence-corrected chi connectivity index (χ2v) is 3.81. The van der Waals surface area contributed by atoms with Crippen LogP contribution in [0.15, 0.2) is 12.1 Å². The molecule has 1 rings (SSSR count). The molecule has 0 aliphatic heterocycles. The number of benzene rings is 1. The molecule has 1 aromatic rings. The first-order valence-electron chi connectivity index (χ1n) is 3.85. The van der Waals surface area contributed by atoms with Crippen molar-refractivity contribution >= 4 is 27.5 Å². The van der Waals surface area contributed by atoms with E-state index >= 15 is 0 Å². The van der Waals surface area contributed by atoms with Crippen LogP contribution in [0.4, 0.5) is 8.78 Å². The van der Waals surface area contributed by atoms with Crippen LogP contribution in [0, 0.1) is 11.6 Å². The molecule has 13 heavy (non-hydrogen) atoms. The summed E-state index contributed by atoms with van der Waals surface area (Å²) in [6.07, 6.45) is 1.05. The first kappa shape index (κ1) is 10.9. The molecule has 0 aromatic heterocycles. The van der Waals surface area contributed by atoms with Gasteiger partial charge in [0.2, 0.25) is 0 Å². The van der Waals surface area contributed by atoms with Gasteiger partial charge in [0, 0.05) is 10.9 Å². The topological polar surface area (TPSA) is 0 Å². The van der Waals surface area contributed by atoms with Gasteiger partial charge in [-0.25, -0.2) is 8.78 Å². The molecule has 0 saturated carbocycles. The molecule has 4 heteroatoms. The van der Waals surface area contributed by atoms with E-state index in [0.29, 0.717) is 12.8 Å². The van der Waals surface area contributed by atoms with Gasteiger partial charge >= 0.3 is 0 Å². The molecule has 0 atom stereocenters. The van der Waals surface area contributed by atoms with Gasteiger partial charge in [0.15, 0.2) is 0 Å². The summed E-state index contributed by atoms with van der Waals surface area (Å²) in [5.74, 6) is -1.16. The van der Waals surface area contributed by atoms with Crippen LogP contribution in [0.1, 0.15) is 12.0 Å². The Morgan fingerprint density at radius 2 is 2.00 bits per heavy atom. The Labute approximate surface area is 89.0 Å². The maximum Gasteiger partial charge on any atom is 0.147 e. The van der Waals surface area contributed by atoms with Gasteiger partial charge in [-0.3, -0.25) is 0 Å². The van der Waals surface area contributed by atoms with Crippen molar-refractivity contribution in [2.45, 2.75) is 12.8 Å². The fourth-order valence-electron chi connectivity index (χ4n) is 1.04. The van der Waals surface area contributed by atoms with E-state index in [2.05, 4.69) is 15.9 Å². The van der Waals surface area contributed by atoms with Crippen LogP contribution in [-0.4, -0.2) is 5.33 Å². The third-order valence-corrected chi connectivity index (χ3v) is 2.55. The predicted octanol–water partition coefficient (Wildman–Crippen LogP) is 3.95. The molecule has 0 nitrogen and oxygen atoms in total. The van der Waals surface area contributed by atoms with Gasteiger partial charge < -0.3 is 0 Å². The fraction of sp³-hybridized carbons (Fsp3) is 0.333. The molecule has 0 fully saturated rings. The van der Waals surface area contributed by atoms with Crippen molar-refractivity contribution in [3.63, 3.8) is 0 Å². The summed E-state index contributed by atoms with van der Waals surface area (Å²) in [6, 6.07) is 2.42. The summed E-state index contributed by atoms with van der Waals surface area (Å²) in [6.45, 7) is 0. The number of hydrogen-bond donors (Lipinski definition) is 0. The van der Waals surface area contributed by atoms with E-state index in [1.807, 2.05) is 0 Å². The van der Waals surface area contributed by atoms with Crippen molar-refractivity contribution < 1.29 is 8.78 Å². The lowest BCUT2D eigenvalue weighted by Crippen LogP contribution is -1.97. The van der Waals surface area contributed by atoms with Gasteiger partial charge in [-0.15, -0.1) is 0 Å². The first-order valence-corrected chi connectivity index (χ1v) is 5.35. The highest BCUT2D eigenvalue weighted by atomic mass is 79.9. The maximum absolute atomic E-state index is 13.2. The number of hydrogen-bond acceptors (Lipinski definition) is 0. The van der Waals surface area contributed by atoms with E-state index < -0.39 is 11.6 Å². The van der Waals surface area contributed by atoms with E-state index in [0.717, 1.165) is 5.33 Å². The van der Waals surface area contributed by atoms with Crippen LogP contribution < -0.4 is 0 Å². The van der Waals surface area contributed by atoms with Crippen LogP contribution in [0.25, 0.3) is 0 Å². The van der Waals surface area contributed by atoms with Gasteiger partial charge in [-0.2, -0.15) is 0 Å². The van der Waals surface area contributed by atoms with Gasteiger partial charge in [0.05, 0.1) is 5.02 Å². The maximum atomic E-state index is 13.2. The lowest BCUT2D eigenvalue weighted by Gasteiger charge is -2.04. The standard InChI is InChI=1S/C9H8BrClF2/c10-5-1-2-6-8(12)4-3-7(11)9(6)13/h3-4H,1-2,5H2. The van der Waals surface area contributed by atoms with Crippen LogP contribution in [0.3, 0.4) is 0 Å². The quantitative estimate of drug-likeness (QED) is 0.576. The highest BCUT2D eigenvalue weighted by Crippen LogP contribution is 2.22. The molecule has 0 unspecified atom stereocenters. The number of halogens is 4. The molecule has 0 radical (unpaired) electrons. The summed E-state index contributed by atoms with van der Waals surface area (Å²) < 4.78 is 26.2. The Kier molecular flexibility index (Phi) is 4.13. The minimum absolute atomic E-state index is 0.0222. The van der Waals surface area contributed by atoms with Crippen molar-refractivity contribution in [1.82, 2.24) is 0 Å². The van der Waals surface area contributed by atoms with E-state index in [4.69, 9.17) is 11.6 Å². The Morgan fingerprint density at radius 3 is 2.62 bits per heavy atom. The molecule has 0 aliphatic carbocycles. The van der Waals surface area contributed by atoms with Crippen molar-refractivity contribution in [3.05, 3.63) is 34.4 Å². The Balaban J connectivity index is 2.96. The van der Waals surface area contributed by atoms with Crippen molar-refractivity contribution in [2.24, 2.45) is 0 Å². The second-order valence-electron chi connectivity index (χ2n) is 2.61. The van der Waals surface area contributed by atoms with Crippen LogP contribution >= 0.6 is 27.5 Å². The highest BCUT2D eigenvalue weighted by molar-refractivity contribution is 9.09. The van der Waals surface area contributed by atoms with Crippen LogP contribution in [0.2, 0.25) is 5.02 Å². The molecule has 0 N–H and O–H groups in total. The number of alkyl halides is 1. The molecule has 0 bridgehead atoms. The molecular formula is C9H8BrClF2. The molecule has 0 saturated heterocycles. The molecule has 0 aliphatic rings. The summed E-state index contributed by atoms with van der Waals surface area (Å²) in [4.78, 5) is 0. The molecular weight excluding hydrogens is 261 g/mol. The Morgan fingerprint density at radius 1 is 1.31 bits per heavy atom. The van der Waals surface area contributed by atoms with E-state index in [1.165, 1.54) is 12.1 Å². The average Bonchev–Trinajstić information content (AvgIpc) is 2.12. The summed E-state index contributed by atoms with van der Waals surface area (Å²) in [7, 11) is 0. The third kappa shape index (κ3) is 2.64. The minimum Gasteiger partial charge on any atom is -0.207 e. The van der Waals surface area contributed by atoms with Crippen LogP contribution in [-0.2, 0) is 6.42 Å². The largest absolute Gasteiger partial charge is 0.207 e. The fourth-order valence-corrected chi connectivity index (χ4v) is 1.50. The van der Waals surface area contributed by atoms with E-state index in [1.54, 1.807) is 0 Å². The minimum atomic E-state index is -0.636. The van der Waals surface area contributed by atoms with Gasteiger partial charge in [-0.05, 0) is 25.0 Å². The zero-order chi connectivity index (χ0) is 9.84. The monoisotopic (exact) mass is 268 g/mol. The molecule has 0 amide bonds. The second kappa shape index (κ2) is 4.91. The summed E-state index contributed by atoms with van der Waals surface area (Å²) in [5.41, 5.74) is 0.0759.